The van der Waals surface area contributed by atoms with Crippen molar-refractivity contribution in [2.75, 3.05) is 0 Å². The number of fused-ring (bicyclic) bond motifs is 1. The highest BCUT2D eigenvalue weighted by Gasteiger charge is 2.08. The Bertz CT molecular complexity index is 450. The molecule has 0 spiro atoms. The maximum Gasteiger partial charge on any atom is 0.138 e. The lowest BCUT2D eigenvalue weighted by Gasteiger charge is -2.00. The number of hydrogen-bond acceptors (Lipinski definition) is 2. The number of aliphatic hydroxyl groups is 1. The Morgan fingerprint density at radius 1 is 1.54 bits per heavy atom. The molecule has 2 rings (SSSR count). The molecule has 3 nitrogen and oxygen atoms in total. The van der Waals surface area contributed by atoms with Gasteiger partial charge in [0.05, 0.1) is 18.0 Å². The van der Waals surface area contributed by atoms with Gasteiger partial charge in [-0.3, -0.25) is 4.40 Å². The number of imidazole rings is 1. The largest absolute Gasteiger partial charge is 0.390 e. The van der Waals surface area contributed by atoms with Gasteiger partial charge in [-0.15, -0.1) is 0 Å². The highest BCUT2D eigenvalue weighted by molar-refractivity contribution is 6.29. The minimum absolute atomic E-state index is 0.0449. The maximum atomic E-state index is 9.11. The number of aliphatic hydroxyl groups excluding tert-OH is 1. The Morgan fingerprint density at radius 3 is 3.00 bits per heavy atom. The first-order chi connectivity index (χ1) is 6.24. The minimum atomic E-state index is -0.0449. The van der Waals surface area contributed by atoms with Crippen LogP contribution < -0.4 is 0 Å². The Balaban J connectivity index is 2.88. The molecule has 13 heavy (non-hydrogen) atoms. The van der Waals surface area contributed by atoms with Crippen molar-refractivity contribution < 1.29 is 5.11 Å². The molecule has 0 aliphatic rings. The summed E-state index contributed by atoms with van der Waals surface area (Å²) in [4.78, 5) is 4.26. The highest BCUT2D eigenvalue weighted by Crippen LogP contribution is 2.17. The fourth-order valence-corrected chi connectivity index (χ4v) is 1.67. The van der Waals surface area contributed by atoms with Gasteiger partial charge in [0, 0.05) is 0 Å². The standard InChI is InChI=1S/C9H9ClN2O/c1-6-7(5-13)12-8(10)3-2-4-9(12)11-6/h2-4,13H,5H2,1H3. The predicted octanol–water partition coefficient (Wildman–Crippen LogP) is 1.79. The van der Waals surface area contributed by atoms with E-state index < -0.39 is 0 Å². The summed E-state index contributed by atoms with van der Waals surface area (Å²) >= 11 is 5.97. The number of hydrogen-bond donors (Lipinski definition) is 1. The molecular weight excluding hydrogens is 188 g/mol. The van der Waals surface area contributed by atoms with Crippen LogP contribution in [0.1, 0.15) is 11.4 Å². The van der Waals surface area contributed by atoms with Crippen LogP contribution in [0.2, 0.25) is 5.15 Å². The van der Waals surface area contributed by atoms with Crippen LogP contribution in [0.5, 0.6) is 0 Å². The summed E-state index contributed by atoms with van der Waals surface area (Å²) < 4.78 is 1.75. The van der Waals surface area contributed by atoms with Crippen molar-refractivity contribution in [1.29, 1.82) is 0 Å². The molecule has 0 amide bonds. The molecule has 2 heterocycles. The van der Waals surface area contributed by atoms with Crippen LogP contribution in [0.25, 0.3) is 5.65 Å². The van der Waals surface area contributed by atoms with Crippen LogP contribution >= 0.6 is 11.6 Å². The van der Waals surface area contributed by atoms with Gasteiger partial charge in [-0.05, 0) is 19.1 Å². The Hall–Kier alpha value is -1.06. The zero-order chi connectivity index (χ0) is 9.42. The lowest BCUT2D eigenvalue weighted by molar-refractivity contribution is 0.275. The molecule has 0 aliphatic carbocycles. The molecule has 0 saturated carbocycles. The quantitative estimate of drug-likeness (QED) is 0.707. The van der Waals surface area contributed by atoms with Gasteiger partial charge in [-0.1, -0.05) is 17.7 Å². The topological polar surface area (TPSA) is 37.5 Å². The first-order valence-corrected chi connectivity index (χ1v) is 4.35. The number of halogens is 1. The van der Waals surface area contributed by atoms with Crippen molar-refractivity contribution in [3.8, 4) is 0 Å². The molecule has 0 aromatic carbocycles. The molecule has 0 bridgehead atoms. The van der Waals surface area contributed by atoms with E-state index in [-0.39, 0.29) is 6.61 Å². The zero-order valence-corrected chi connectivity index (χ0v) is 7.91. The summed E-state index contributed by atoms with van der Waals surface area (Å²) in [6, 6.07) is 5.47. The van der Waals surface area contributed by atoms with Crippen LogP contribution in [0.15, 0.2) is 18.2 Å². The van der Waals surface area contributed by atoms with Gasteiger partial charge >= 0.3 is 0 Å². The molecule has 0 saturated heterocycles. The van der Waals surface area contributed by atoms with Crippen LogP contribution in [0, 0.1) is 6.92 Å². The van der Waals surface area contributed by atoms with Crippen LogP contribution in [-0.4, -0.2) is 14.5 Å². The maximum absolute atomic E-state index is 9.11. The lowest BCUT2D eigenvalue weighted by Crippen LogP contribution is -1.94. The minimum Gasteiger partial charge on any atom is -0.390 e. The van der Waals surface area contributed by atoms with E-state index in [2.05, 4.69) is 4.98 Å². The molecule has 0 unspecified atom stereocenters. The van der Waals surface area contributed by atoms with Crippen molar-refractivity contribution in [2.24, 2.45) is 0 Å². The summed E-state index contributed by atoms with van der Waals surface area (Å²) in [6.45, 7) is 1.81. The molecule has 0 radical (unpaired) electrons. The Morgan fingerprint density at radius 2 is 2.31 bits per heavy atom. The Labute approximate surface area is 80.6 Å². The summed E-state index contributed by atoms with van der Waals surface area (Å²) in [5, 5.41) is 9.68. The van der Waals surface area contributed by atoms with E-state index in [1.165, 1.54) is 0 Å². The van der Waals surface area contributed by atoms with Crippen molar-refractivity contribution >= 4 is 17.2 Å². The smallest absolute Gasteiger partial charge is 0.138 e. The third kappa shape index (κ3) is 1.20. The summed E-state index contributed by atoms with van der Waals surface area (Å²) in [6.07, 6.45) is 0. The average molecular weight is 197 g/mol. The van der Waals surface area contributed by atoms with E-state index in [0.717, 1.165) is 17.0 Å². The van der Waals surface area contributed by atoms with Gasteiger partial charge in [0.1, 0.15) is 10.8 Å². The second kappa shape index (κ2) is 3.01. The van der Waals surface area contributed by atoms with Crippen LogP contribution in [-0.2, 0) is 6.61 Å². The predicted molar refractivity (Wildman–Crippen MR) is 50.9 cm³/mol. The normalized spacial score (nSPS) is 11.0. The molecule has 1 N–H and O–H groups in total. The van der Waals surface area contributed by atoms with E-state index in [4.69, 9.17) is 16.7 Å². The number of aromatic nitrogens is 2. The lowest BCUT2D eigenvalue weighted by atomic mass is 10.3. The van der Waals surface area contributed by atoms with E-state index in [0.29, 0.717) is 5.15 Å². The molecule has 0 fully saturated rings. The number of nitrogens with zero attached hydrogens (tertiary/aromatic N) is 2. The van der Waals surface area contributed by atoms with Gasteiger partial charge in [-0.25, -0.2) is 4.98 Å². The summed E-state index contributed by atoms with van der Waals surface area (Å²) in [5.74, 6) is 0. The molecule has 0 atom stereocenters. The molecule has 68 valence electrons. The number of rotatable bonds is 1. The third-order valence-electron chi connectivity index (χ3n) is 2.04. The van der Waals surface area contributed by atoms with Crippen molar-refractivity contribution in [1.82, 2.24) is 9.38 Å². The second-order valence-corrected chi connectivity index (χ2v) is 3.23. The van der Waals surface area contributed by atoms with Crippen LogP contribution in [0.3, 0.4) is 0 Å². The van der Waals surface area contributed by atoms with E-state index >= 15 is 0 Å². The number of aryl methyl sites for hydroxylation is 1. The van der Waals surface area contributed by atoms with Gasteiger partial charge in [0.15, 0.2) is 0 Å². The van der Waals surface area contributed by atoms with E-state index in [1.807, 2.05) is 19.1 Å². The van der Waals surface area contributed by atoms with Gasteiger partial charge in [0.2, 0.25) is 0 Å². The van der Waals surface area contributed by atoms with Crippen molar-refractivity contribution in [3.05, 3.63) is 34.7 Å². The number of pyridine rings is 1. The average Bonchev–Trinajstić information content (AvgIpc) is 2.42. The summed E-state index contributed by atoms with van der Waals surface area (Å²) in [5.41, 5.74) is 2.34. The van der Waals surface area contributed by atoms with Gasteiger partial charge in [-0.2, -0.15) is 0 Å². The van der Waals surface area contributed by atoms with E-state index in [9.17, 15) is 0 Å². The fraction of sp³-hybridized carbons (Fsp3) is 0.222. The first kappa shape index (κ1) is 8.53. The second-order valence-electron chi connectivity index (χ2n) is 2.84. The fourth-order valence-electron chi connectivity index (χ4n) is 1.41. The van der Waals surface area contributed by atoms with Crippen LogP contribution in [0.4, 0.5) is 0 Å². The Kier molecular flexibility index (Phi) is 1.98. The van der Waals surface area contributed by atoms with E-state index in [1.54, 1.807) is 10.5 Å². The third-order valence-corrected chi connectivity index (χ3v) is 2.34. The monoisotopic (exact) mass is 196 g/mol. The van der Waals surface area contributed by atoms with Gasteiger partial charge < -0.3 is 5.11 Å². The molecule has 2 aromatic rings. The van der Waals surface area contributed by atoms with Crippen molar-refractivity contribution in [3.63, 3.8) is 0 Å². The SMILES string of the molecule is Cc1nc2cccc(Cl)n2c1CO. The summed E-state index contributed by atoms with van der Waals surface area (Å²) in [7, 11) is 0. The molecular formula is C9H9ClN2O. The zero-order valence-electron chi connectivity index (χ0n) is 7.16. The molecule has 0 aliphatic heterocycles. The highest BCUT2D eigenvalue weighted by atomic mass is 35.5. The van der Waals surface area contributed by atoms with Crippen molar-refractivity contribution in [2.45, 2.75) is 13.5 Å². The first-order valence-electron chi connectivity index (χ1n) is 3.97. The van der Waals surface area contributed by atoms with Gasteiger partial charge in [0.25, 0.3) is 0 Å². The molecule has 2 aromatic heterocycles. The molecule has 4 heteroatoms.